The van der Waals surface area contributed by atoms with Gasteiger partial charge in [0, 0.05) is 0 Å². The van der Waals surface area contributed by atoms with Crippen molar-refractivity contribution in [3.63, 3.8) is 0 Å². The van der Waals surface area contributed by atoms with Crippen LogP contribution in [0.1, 0.15) is 0 Å². The summed E-state index contributed by atoms with van der Waals surface area (Å²) in [7, 11) is 0. The van der Waals surface area contributed by atoms with Gasteiger partial charge >= 0.3 is 17.5 Å². The average molecular weight is 72.0 g/mol. The molecule has 0 amide bonds. The van der Waals surface area contributed by atoms with Crippen LogP contribution in [0.15, 0.2) is 0 Å². The molecule has 0 bridgehead atoms. The van der Waals surface area contributed by atoms with E-state index in [0.717, 1.165) is 0 Å². The summed E-state index contributed by atoms with van der Waals surface area (Å²) < 4.78 is 7.50. The summed E-state index contributed by atoms with van der Waals surface area (Å²) in [6, 6.07) is 0. The first-order valence-corrected chi connectivity index (χ1v) is 0.612. The second kappa shape index (κ2) is 974. The summed E-state index contributed by atoms with van der Waals surface area (Å²) >= 11 is 0. The minimum atomic E-state index is 0.250. The van der Waals surface area contributed by atoms with Crippen LogP contribution in [0, 0.1) is 6.65 Å². The van der Waals surface area contributed by atoms with Crippen molar-refractivity contribution in [1.29, 1.82) is 0 Å². The molecule has 0 aliphatic rings. The first kappa shape index (κ1) is 8.92. The van der Waals surface area contributed by atoms with Crippen molar-refractivity contribution in [2.24, 2.45) is 0 Å². The Morgan fingerprint density at radius 3 is 1.40 bits per heavy atom. The second-order valence-corrected chi connectivity index (χ2v) is 0.0833. The number of hydrogen-bond acceptors (Lipinski definition) is 2. The molecule has 26 valence electrons. The van der Waals surface area contributed by atoms with Gasteiger partial charge in [-0.15, -0.1) is 0 Å². The quantitative estimate of drug-likeness (QED) is 0.283. The fourth-order valence-electron chi connectivity index (χ4n) is 0. The van der Waals surface area contributed by atoms with Gasteiger partial charge in [-0.05, 0) is 0 Å². The van der Waals surface area contributed by atoms with E-state index in [9.17, 15) is 0 Å². The number of carbonyl (C=O) groups excluding carboxylic acids is 2. The third kappa shape index (κ3) is 5.05. The molecular weight excluding hydrogens is 72.0 g/mol. The van der Waals surface area contributed by atoms with Crippen LogP contribution < -0.4 is 0 Å². The summed E-state index contributed by atoms with van der Waals surface area (Å²) in [5.41, 5.74) is 0. The van der Waals surface area contributed by atoms with Crippen LogP contribution >= 0.6 is 0 Å². The molecule has 0 aromatic carbocycles. The van der Waals surface area contributed by atoms with Gasteiger partial charge in [0.25, 0.3) is 0 Å². The third-order valence-electron chi connectivity index (χ3n) is 0. The summed E-state index contributed by atoms with van der Waals surface area (Å²) in [6.07, 6.45) is 0.250. The molecule has 0 aliphatic carbocycles. The zero-order valence-corrected chi connectivity index (χ0v) is 2.22. The van der Waals surface area contributed by atoms with Crippen LogP contribution in [0.4, 0.5) is 0 Å². The molecule has 0 aromatic heterocycles. The fourth-order valence-corrected chi connectivity index (χ4v) is 0. The van der Waals surface area contributed by atoms with Gasteiger partial charge in [-0.1, -0.05) is 0 Å². The molecular formula is C2O3. The predicted octanol–water partition coefficient (Wildman–Crippen LogP) is -0.621. The Labute approximate surface area is 28.3 Å². The Kier molecular flexibility index (Phi) is 1740. The van der Waals surface area contributed by atoms with E-state index >= 15 is 0 Å². The molecule has 0 rings (SSSR count). The van der Waals surface area contributed by atoms with Crippen molar-refractivity contribution < 1.29 is 14.2 Å². The second-order valence-electron chi connectivity index (χ2n) is 0.0833. The first-order chi connectivity index (χ1) is 2.41. The zero-order chi connectivity index (χ0) is 4.71. The Morgan fingerprint density at radius 2 is 1.40 bits per heavy atom. The normalized spacial score (nSPS) is 2.00. The Hall–Kier alpha value is -0.880. The average Bonchev–Trinajstić information content (AvgIpc) is 1.46. The molecule has 0 N–H and O–H groups in total. The summed E-state index contributed by atoms with van der Waals surface area (Å²) in [4.78, 5) is 16.2. The molecule has 0 spiro atoms. The van der Waals surface area contributed by atoms with Crippen LogP contribution in [-0.4, -0.2) is 6.15 Å². The molecule has 0 heterocycles. The Bertz CT molecular complexity index is 47.2. The van der Waals surface area contributed by atoms with Gasteiger partial charge in [-0.3, -0.25) is 0 Å². The van der Waals surface area contributed by atoms with E-state index in [2.05, 4.69) is 6.65 Å². The summed E-state index contributed by atoms with van der Waals surface area (Å²) in [5, 5.41) is 0. The molecule has 0 unspecified atom stereocenters. The van der Waals surface area contributed by atoms with Crippen LogP contribution in [-0.2, 0) is 14.2 Å². The SMILES string of the molecule is O=C=O.[C-]#[O+]. The van der Waals surface area contributed by atoms with Crippen molar-refractivity contribution in [3.05, 3.63) is 6.65 Å². The molecule has 0 saturated heterocycles. The molecule has 0 aromatic rings. The molecule has 0 atom stereocenters. The van der Waals surface area contributed by atoms with Gasteiger partial charge in [0.1, 0.15) is 0 Å². The van der Waals surface area contributed by atoms with Crippen LogP contribution in [0.2, 0.25) is 0 Å². The van der Waals surface area contributed by atoms with E-state index in [-0.39, 0.29) is 6.15 Å². The van der Waals surface area contributed by atoms with E-state index in [1.165, 1.54) is 0 Å². The molecule has 0 saturated carbocycles. The van der Waals surface area contributed by atoms with Gasteiger partial charge in [-0.25, -0.2) is 0 Å². The van der Waals surface area contributed by atoms with Crippen LogP contribution in [0.5, 0.6) is 0 Å². The molecule has 5 heavy (non-hydrogen) atoms. The molecule has 3 nitrogen and oxygen atoms in total. The van der Waals surface area contributed by atoms with E-state index in [4.69, 9.17) is 14.2 Å². The third-order valence-corrected chi connectivity index (χ3v) is 0. The zero-order valence-electron chi connectivity index (χ0n) is 2.22. The van der Waals surface area contributed by atoms with Gasteiger partial charge in [0.2, 0.25) is 0 Å². The molecule has 0 fully saturated rings. The van der Waals surface area contributed by atoms with Crippen molar-refractivity contribution >= 4 is 6.15 Å². The van der Waals surface area contributed by atoms with Gasteiger partial charge in [0.15, 0.2) is 0 Å². The summed E-state index contributed by atoms with van der Waals surface area (Å²) in [6.45, 7) is 4.50. The maximum atomic E-state index is 8.12. The van der Waals surface area contributed by atoms with Gasteiger partial charge < -0.3 is 0 Å². The Morgan fingerprint density at radius 1 is 1.40 bits per heavy atom. The Balaban J connectivity index is 0. The fraction of sp³-hybridized carbons (Fsp3) is 0. The van der Waals surface area contributed by atoms with Gasteiger partial charge in [-0.2, -0.15) is 9.59 Å². The maximum absolute atomic E-state index is 8.12. The molecule has 3 heteroatoms. The van der Waals surface area contributed by atoms with E-state index in [1.807, 2.05) is 0 Å². The van der Waals surface area contributed by atoms with E-state index in [1.54, 1.807) is 0 Å². The number of hydrogen-bond donors (Lipinski definition) is 0. The van der Waals surface area contributed by atoms with Crippen molar-refractivity contribution in [2.75, 3.05) is 0 Å². The van der Waals surface area contributed by atoms with Crippen molar-refractivity contribution in [1.82, 2.24) is 0 Å². The van der Waals surface area contributed by atoms with Crippen molar-refractivity contribution in [3.8, 4) is 0 Å². The first-order valence-electron chi connectivity index (χ1n) is 0.612. The van der Waals surface area contributed by atoms with E-state index in [0.29, 0.717) is 0 Å². The van der Waals surface area contributed by atoms with E-state index < -0.39 is 0 Å². The topological polar surface area (TPSA) is 54.0 Å². The minimum absolute atomic E-state index is 0.250. The summed E-state index contributed by atoms with van der Waals surface area (Å²) in [5.74, 6) is 0. The van der Waals surface area contributed by atoms with Crippen LogP contribution in [0.25, 0.3) is 0 Å². The van der Waals surface area contributed by atoms with Crippen LogP contribution in [0.3, 0.4) is 0 Å². The molecule has 0 radical (unpaired) electrons. The predicted molar refractivity (Wildman–Crippen MR) is 8.94 cm³/mol. The van der Waals surface area contributed by atoms with Crippen molar-refractivity contribution in [2.45, 2.75) is 0 Å². The standard InChI is InChI=1S/CO2.CO/c2-1-3;1-2. The van der Waals surface area contributed by atoms with Gasteiger partial charge in [0.05, 0.1) is 0 Å². The number of rotatable bonds is 0. The molecule has 0 aliphatic heterocycles. The monoisotopic (exact) mass is 72.0 g/mol.